The minimum atomic E-state index is 0.454. The lowest BCUT2D eigenvalue weighted by atomic mass is 10.1. The van der Waals surface area contributed by atoms with Crippen molar-refractivity contribution in [1.82, 2.24) is 5.32 Å². The normalized spacial score (nSPS) is 19.8. The largest absolute Gasteiger partial charge is 0.381 e. The first kappa shape index (κ1) is 9.96. The van der Waals surface area contributed by atoms with Gasteiger partial charge in [0.15, 0.2) is 0 Å². The van der Waals surface area contributed by atoms with Crippen LogP contribution in [-0.2, 0) is 9.47 Å². The Morgan fingerprint density at radius 2 is 2.17 bits per heavy atom. The molecule has 0 aromatic heterocycles. The molecule has 3 nitrogen and oxygen atoms in total. The van der Waals surface area contributed by atoms with Crippen LogP contribution in [-0.4, -0.2) is 39.5 Å². The van der Waals surface area contributed by atoms with Gasteiger partial charge in [-0.1, -0.05) is 0 Å². The van der Waals surface area contributed by atoms with Crippen LogP contribution >= 0.6 is 0 Å². The van der Waals surface area contributed by atoms with Crippen molar-refractivity contribution < 1.29 is 9.47 Å². The van der Waals surface area contributed by atoms with Gasteiger partial charge in [-0.05, 0) is 32.9 Å². The Hall–Kier alpha value is -0.120. The fourth-order valence-electron chi connectivity index (χ4n) is 1.34. The molecule has 0 atom stereocenters. The van der Waals surface area contributed by atoms with Crippen molar-refractivity contribution in [3.63, 3.8) is 0 Å². The number of ether oxygens (including phenoxy) is 2. The zero-order valence-electron chi connectivity index (χ0n) is 7.84. The molecule has 0 bridgehead atoms. The monoisotopic (exact) mass is 173 g/mol. The third-order valence-corrected chi connectivity index (χ3v) is 2.09. The van der Waals surface area contributed by atoms with Gasteiger partial charge in [-0.3, -0.25) is 0 Å². The minimum absolute atomic E-state index is 0.454. The van der Waals surface area contributed by atoms with Crippen LogP contribution < -0.4 is 5.32 Å². The molecule has 1 fully saturated rings. The van der Waals surface area contributed by atoms with Gasteiger partial charge in [-0.15, -0.1) is 0 Å². The Morgan fingerprint density at radius 3 is 2.83 bits per heavy atom. The SMILES string of the molecule is CNCCCOC1CCOCC1. The second kappa shape index (κ2) is 6.40. The van der Waals surface area contributed by atoms with Crippen molar-refractivity contribution in [2.75, 3.05) is 33.4 Å². The van der Waals surface area contributed by atoms with Gasteiger partial charge in [0.25, 0.3) is 0 Å². The third-order valence-electron chi connectivity index (χ3n) is 2.09. The van der Waals surface area contributed by atoms with E-state index in [9.17, 15) is 0 Å². The van der Waals surface area contributed by atoms with Gasteiger partial charge in [0.1, 0.15) is 0 Å². The topological polar surface area (TPSA) is 30.5 Å². The Balaban J connectivity index is 1.91. The fraction of sp³-hybridized carbons (Fsp3) is 1.00. The zero-order valence-corrected chi connectivity index (χ0v) is 7.84. The van der Waals surface area contributed by atoms with E-state index in [2.05, 4.69) is 5.32 Å². The first-order chi connectivity index (χ1) is 5.93. The van der Waals surface area contributed by atoms with E-state index in [1.807, 2.05) is 7.05 Å². The molecule has 0 aliphatic carbocycles. The Morgan fingerprint density at radius 1 is 1.42 bits per heavy atom. The van der Waals surface area contributed by atoms with Gasteiger partial charge < -0.3 is 14.8 Å². The molecule has 1 N–H and O–H groups in total. The lowest BCUT2D eigenvalue weighted by molar-refractivity contribution is -0.0321. The fourth-order valence-corrected chi connectivity index (χ4v) is 1.34. The van der Waals surface area contributed by atoms with Crippen molar-refractivity contribution in [2.45, 2.75) is 25.4 Å². The number of rotatable bonds is 5. The molecule has 1 aliphatic heterocycles. The molecule has 1 heterocycles. The summed E-state index contributed by atoms with van der Waals surface area (Å²) in [5.41, 5.74) is 0. The Kier molecular flexibility index (Phi) is 5.32. The molecule has 12 heavy (non-hydrogen) atoms. The first-order valence-electron chi connectivity index (χ1n) is 4.77. The van der Waals surface area contributed by atoms with Crippen LogP contribution in [0, 0.1) is 0 Å². The molecular weight excluding hydrogens is 154 g/mol. The third kappa shape index (κ3) is 4.04. The molecule has 0 aromatic carbocycles. The highest BCUT2D eigenvalue weighted by molar-refractivity contribution is 4.62. The standard InChI is InChI=1S/C9H19NO2/c1-10-5-2-6-12-9-3-7-11-8-4-9/h9-10H,2-8H2,1H3. The average molecular weight is 173 g/mol. The Labute approximate surface area is 74.4 Å². The summed E-state index contributed by atoms with van der Waals surface area (Å²) >= 11 is 0. The van der Waals surface area contributed by atoms with Crippen LogP contribution in [0.15, 0.2) is 0 Å². The molecule has 0 aromatic rings. The highest BCUT2D eigenvalue weighted by Crippen LogP contribution is 2.10. The van der Waals surface area contributed by atoms with E-state index in [1.54, 1.807) is 0 Å². The van der Waals surface area contributed by atoms with Gasteiger partial charge in [-0.25, -0.2) is 0 Å². The maximum absolute atomic E-state index is 5.66. The smallest absolute Gasteiger partial charge is 0.0619 e. The van der Waals surface area contributed by atoms with Crippen molar-refractivity contribution in [2.24, 2.45) is 0 Å². The molecule has 0 saturated carbocycles. The first-order valence-corrected chi connectivity index (χ1v) is 4.77. The summed E-state index contributed by atoms with van der Waals surface area (Å²) in [5.74, 6) is 0. The molecule has 1 aliphatic rings. The Bertz CT molecular complexity index is 103. The van der Waals surface area contributed by atoms with E-state index in [0.717, 1.165) is 45.6 Å². The second-order valence-corrected chi connectivity index (χ2v) is 3.14. The van der Waals surface area contributed by atoms with Gasteiger partial charge in [0, 0.05) is 19.8 Å². The van der Waals surface area contributed by atoms with E-state index < -0.39 is 0 Å². The van der Waals surface area contributed by atoms with E-state index in [1.165, 1.54) is 0 Å². The summed E-state index contributed by atoms with van der Waals surface area (Å²) in [4.78, 5) is 0. The van der Waals surface area contributed by atoms with Gasteiger partial charge >= 0.3 is 0 Å². The van der Waals surface area contributed by atoms with Crippen molar-refractivity contribution in [3.05, 3.63) is 0 Å². The number of hydrogen-bond acceptors (Lipinski definition) is 3. The quantitative estimate of drug-likeness (QED) is 0.624. The molecule has 0 radical (unpaired) electrons. The average Bonchev–Trinajstić information content (AvgIpc) is 2.14. The summed E-state index contributed by atoms with van der Waals surface area (Å²) < 4.78 is 10.9. The molecule has 1 rings (SSSR count). The number of nitrogens with one attached hydrogen (secondary N) is 1. The van der Waals surface area contributed by atoms with Crippen LogP contribution in [0.25, 0.3) is 0 Å². The highest BCUT2D eigenvalue weighted by atomic mass is 16.5. The maximum Gasteiger partial charge on any atom is 0.0619 e. The van der Waals surface area contributed by atoms with Gasteiger partial charge in [0.05, 0.1) is 6.10 Å². The molecule has 0 spiro atoms. The van der Waals surface area contributed by atoms with Crippen LogP contribution in [0.3, 0.4) is 0 Å². The van der Waals surface area contributed by atoms with Gasteiger partial charge in [-0.2, -0.15) is 0 Å². The lowest BCUT2D eigenvalue weighted by Crippen LogP contribution is -2.24. The van der Waals surface area contributed by atoms with Gasteiger partial charge in [0.2, 0.25) is 0 Å². The van der Waals surface area contributed by atoms with E-state index >= 15 is 0 Å². The minimum Gasteiger partial charge on any atom is -0.381 e. The highest BCUT2D eigenvalue weighted by Gasteiger charge is 2.12. The maximum atomic E-state index is 5.66. The van der Waals surface area contributed by atoms with Crippen LogP contribution in [0.5, 0.6) is 0 Å². The second-order valence-electron chi connectivity index (χ2n) is 3.14. The molecule has 3 heteroatoms. The van der Waals surface area contributed by atoms with Crippen LogP contribution in [0.2, 0.25) is 0 Å². The predicted molar refractivity (Wildman–Crippen MR) is 48.3 cm³/mol. The van der Waals surface area contributed by atoms with Crippen molar-refractivity contribution in [1.29, 1.82) is 0 Å². The molecule has 0 unspecified atom stereocenters. The van der Waals surface area contributed by atoms with E-state index in [-0.39, 0.29) is 0 Å². The summed E-state index contributed by atoms with van der Waals surface area (Å²) in [6.45, 7) is 3.67. The summed E-state index contributed by atoms with van der Waals surface area (Å²) in [6, 6.07) is 0. The van der Waals surface area contributed by atoms with E-state index in [0.29, 0.717) is 6.10 Å². The molecular formula is C9H19NO2. The zero-order chi connectivity index (χ0) is 8.65. The van der Waals surface area contributed by atoms with Crippen molar-refractivity contribution in [3.8, 4) is 0 Å². The molecule has 72 valence electrons. The lowest BCUT2D eigenvalue weighted by Gasteiger charge is -2.22. The summed E-state index contributed by atoms with van der Waals surface area (Å²) in [6.07, 6.45) is 3.70. The number of hydrogen-bond donors (Lipinski definition) is 1. The summed E-state index contributed by atoms with van der Waals surface area (Å²) in [7, 11) is 1.97. The molecule has 1 saturated heterocycles. The van der Waals surface area contributed by atoms with Crippen LogP contribution in [0.1, 0.15) is 19.3 Å². The van der Waals surface area contributed by atoms with Crippen LogP contribution in [0.4, 0.5) is 0 Å². The summed E-state index contributed by atoms with van der Waals surface area (Å²) in [5, 5.41) is 3.10. The predicted octanol–water partition coefficient (Wildman–Crippen LogP) is 0.791. The van der Waals surface area contributed by atoms with Crippen molar-refractivity contribution >= 4 is 0 Å². The van der Waals surface area contributed by atoms with E-state index in [4.69, 9.17) is 9.47 Å². The molecule has 0 amide bonds.